The van der Waals surface area contributed by atoms with Crippen molar-refractivity contribution in [2.45, 2.75) is 11.2 Å². The van der Waals surface area contributed by atoms with E-state index in [1.807, 2.05) is 0 Å². The van der Waals surface area contributed by atoms with Gasteiger partial charge in [-0.05, 0) is 0 Å². The molecule has 2 aromatic rings. The summed E-state index contributed by atoms with van der Waals surface area (Å²) in [5.74, 6) is 0. The van der Waals surface area contributed by atoms with E-state index >= 15 is 0 Å². The molecule has 0 aromatic heterocycles. The molecule has 0 amide bonds. The van der Waals surface area contributed by atoms with Crippen LogP contribution in [0.5, 0.6) is 0 Å². The third-order valence-corrected chi connectivity index (χ3v) is 5.96. The average Bonchev–Trinajstić information content (AvgIpc) is 2.89. The van der Waals surface area contributed by atoms with Crippen LogP contribution >= 0.6 is 0 Å². The van der Waals surface area contributed by atoms with Gasteiger partial charge in [-0.15, -0.1) is 0 Å². The fourth-order valence-corrected chi connectivity index (χ4v) is 4.86. The van der Waals surface area contributed by atoms with Crippen LogP contribution in [0.25, 0.3) is 0 Å². The third-order valence-electron chi connectivity index (χ3n) is 3.31. The molecule has 1 heterocycles. The van der Waals surface area contributed by atoms with Crippen LogP contribution in [-0.4, -0.2) is 28.0 Å². The molecule has 2 aromatic carbocycles. The second-order valence-electron chi connectivity index (χ2n) is 4.62. The van der Waals surface area contributed by atoms with Crippen molar-refractivity contribution in [3.05, 3.63) is 60.7 Å². The maximum atomic E-state index is 2.52. The van der Waals surface area contributed by atoms with Gasteiger partial charge in [-0.1, -0.05) is 0 Å². The average molecular weight is 302 g/mol. The fourth-order valence-electron chi connectivity index (χ4n) is 2.39. The Hall–Kier alpha value is -1.24. The summed E-state index contributed by atoms with van der Waals surface area (Å²) >= 11 is 0.616. The third kappa shape index (κ3) is 2.77. The van der Waals surface area contributed by atoms with Gasteiger partial charge < -0.3 is 0 Å². The molecule has 1 aliphatic heterocycles. The van der Waals surface area contributed by atoms with E-state index < -0.39 is 0 Å². The van der Waals surface area contributed by atoms with Crippen LogP contribution in [0.2, 0.25) is 4.82 Å². The number of anilines is 1. The summed E-state index contributed by atoms with van der Waals surface area (Å²) in [6.45, 7) is 2.43. The molecule has 1 nitrogen and oxygen atoms in total. The summed E-state index contributed by atoms with van der Waals surface area (Å²) in [7, 11) is 0. The second-order valence-corrected chi connectivity index (χ2v) is 7.51. The molecule has 2 heteroatoms. The molecule has 3 rings (SSSR count). The molecule has 1 fully saturated rings. The molecule has 0 bridgehead atoms. The van der Waals surface area contributed by atoms with E-state index in [2.05, 4.69) is 65.6 Å². The van der Waals surface area contributed by atoms with E-state index in [4.69, 9.17) is 0 Å². The summed E-state index contributed by atoms with van der Waals surface area (Å²) in [5, 5.41) is 0. The van der Waals surface area contributed by atoms with Crippen LogP contribution in [0.4, 0.5) is 5.69 Å². The predicted molar refractivity (Wildman–Crippen MR) is 78.9 cm³/mol. The molecular weight excluding hydrogens is 285 g/mol. The zero-order chi connectivity index (χ0) is 12.2. The predicted octanol–water partition coefficient (Wildman–Crippen LogP) is 2.71. The summed E-state index contributed by atoms with van der Waals surface area (Å²) in [4.78, 5) is 3.38. The summed E-state index contributed by atoms with van der Waals surface area (Å²) in [6, 6.07) is 21.7. The molecule has 0 N–H and O–H groups in total. The van der Waals surface area contributed by atoms with E-state index in [1.54, 1.807) is 0 Å². The number of benzene rings is 2. The van der Waals surface area contributed by atoms with Crippen LogP contribution in [0.3, 0.4) is 0 Å². The van der Waals surface area contributed by atoms with Crippen molar-refractivity contribution in [3.8, 4) is 0 Å². The maximum absolute atomic E-state index is 2.52. The number of nitrogens with zero attached hydrogens (tertiary/aromatic N) is 1. The first-order valence-electron chi connectivity index (χ1n) is 6.43. The van der Waals surface area contributed by atoms with Crippen LogP contribution in [0.15, 0.2) is 60.7 Å². The molecule has 0 radical (unpaired) electrons. The Bertz CT molecular complexity index is 483. The second kappa shape index (κ2) is 5.60. The number of hydrogen-bond acceptors (Lipinski definition) is 1. The molecule has 0 saturated carbocycles. The summed E-state index contributed by atoms with van der Waals surface area (Å²) in [5.41, 5.74) is 1.38. The van der Waals surface area contributed by atoms with Gasteiger partial charge >= 0.3 is 115 Å². The van der Waals surface area contributed by atoms with Gasteiger partial charge in [-0.25, -0.2) is 0 Å². The first kappa shape index (κ1) is 11.8. The Morgan fingerprint density at radius 3 is 2.28 bits per heavy atom. The van der Waals surface area contributed by atoms with Crippen molar-refractivity contribution in [3.63, 3.8) is 0 Å². The summed E-state index contributed by atoms with van der Waals surface area (Å²) in [6.07, 6.45) is 1.34. The molecule has 1 saturated heterocycles. The van der Waals surface area contributed by atoms with Gasteiger partial charge in [0.05, 0.1) is 0 Å². The Kier molecular flexibility index (Phi) is 3.68. The van der Waals surface area contributed by atoms with Crippen LogP contribution in [0.1, 0.15) is 6.42 Å². The molecule has 92 valence electrons. The van der Waals surface area contributed by atoms with Gasteiger partial charge in [0.25, 0.3) is 0 Å². The number of hydrogen-bond donors (Lipinski definition) is 0. The monoisotopic (exact) mass is 303 g/mol. The van der Waals surface area contributed by atoms with Gasteiger partial charge in [-0.3, -0.25) is 0 Å². The molecule has 18 heavy (non-hydrogen) atoms. The standard InChI is InChI=1S/C16H17NSe/c1-3-7-14(8-4-1)17-12-11-16(13-17)18-15-9-5-2-6-10-15/h1-10,16H,11-13H2. The molecule has 1 aliphatic rings. The molecule has 0 spiro atoms. The van der Waals surface area contributed by atoms with E-state index in [0.717, 1.165) is 4.82 Å². The van der Waals surface area contributed by atoms with Crippen LogP contribution in [0, 0.1) is 0 Å². The van der Waals surface area contributed by atoms with E-state index in [9.17, 15) is 0 Å². The fraction of sp³-hybridized carbons (Fsp3) is 0.250. The van der Waals surface area contributed by atoms with Gasteiger partial charge in [0.15, 0.2) is 0 Å². The van der Waals surface area contributed by atoms with Crippen molar-refractivity contribution < 1.29 is 0 Å². The van der Waals surface area contributed by atoms with Crippen LogP contribution in [-0.2, 0) is 0 Å². The van der Waals surface area contributed by atoms with E-state index in [-0.39, 0.29) is 0 Å². The van der Waals surface area contributed by atoms with Gasteiger partial charge in [0.1, 0.15) is 0 Å². The molecule has 1 atom stereocenters. The molecule has 1 unspecified atom stereocenters. The van der Waals surface area contributed by atoms with Gasteiger partial charge in [0.2, 0.25) is 0 Å². The number of para-hydroxylation sites is 1. The van der Waals surface area contributed by atoms with Crippen molar-refractivity contribution >= 4 is 25.1 Å². The topological polar surface area (TPSA) is 3.24 Å². The Labute approximate surface area is 115 Å². The van der Waals surface area contributed by atoms with Crippen molar-refractivity contribution in [2.75, 3.05) is 18.0 Å². The van der Waals surface area contributed by atoms with Crippen molar-refractivity contribution in [1.29, 1.82) is 0 Å². The Morgan fingerprint density at radius 1 is 0.889 bits per heavy atom. The van der Waals surface area contributed by atoms with Crippen molar-refractivity contribution in [1.82, 2.24) is 0 Å². The van der Waals surface area contributed by atoms with E-state index in [0.29, 0.717) is 15.0 Å². The quantitative estimate of drug-likeness (QED) is 0.788. The number of rotatable bonds is 3. The zero-order valence-corrected chi connectivity index (χ0v) is 12.0. The van der Waals surface area contributed by atoms with Gasteiger partial charge in [-0.2, -0.15) is 0 Å². The normalized spacial score (nSPS) is 19.1. The molecular formula is C16H17NSe. The van der Waals surface area contributed by atoms with Crippen molar-refractivity contribution in [2.24, 2.45) is 0 Å². The van der Waals surface area contributed by atoms with Crippen LogP contribution < -0.4 is 9.36 Å². The SMILES string of the molecule is c1ccc([Se]C2CCN(c3ccccc3)C2)cc1. The first-order valence-corrected chi connectivity index (χ1v) is 8.28. The Morgan fingerprint density at radius 2 is 1.56 bits per heavy atom. The minimum absolute atomic E-state index is 0.616. The summed E-state index contributed by atoms with van der Waals surface area (Å²) < 4.78 is 1.53. The minimum atomic E-state index is 0.616. The van der Waals surface area contributed by atoms with E-state index in [1.165, 1.54) is 29.7 Å². The first-order chi connectivity index (χ1) is 8.92. The Balaban J connectivity index is 1.62. The van der Waals surface area contributed by atoms with Gasteiger partial charge in [0, 0.05) is 0 Å². The molecule has 0 aliphatic carbocycles. The zero-order valence-electron chi connectivity index (χ0n) is 10.3.